The average Bonchev–Trinajstić information content (AvgIpc) is 3.01. The van der Waals surface area contributed by atoms with Crippen LogP contribution in [0.3, 0.4) is 0 Å². The lowest BCUT2D eigenvalue weighted by Crippen LogP contribution is -2.41. The molecule has 5 nitrogen and oxygen atoms in total. The minimum atomic E-state index is 0.0287. The summed E-state index contributed by atoms with van der Waals surface area (Å²) < 4.78 is 12.7. The molecule has 3 heterocycles. The minimum absolute atomic E-state index is 0.0287. The highest BCUT2D eigenvalue weighted by atomic mass is 16.5. The average molecular weight is 274 g/mol. The van der Waals surface area contributed by atoms with Crippen molar-refractivity contribution in [2.24, 2.45) is 0 Å². The number of hydrogen-bond donors (Lipinski definition) is 0. The lowest BCUT2D eigenvalue weighted by Gasteiger charge is -2.27. The van der Waals surface area contributed by atoms with E-state index in [-0.39, 0.29) is 5.91 Å². The molecule has 106 valence electrons. The smallest absolute Gasteiger partial charge is 0.270 e. The van der Waals surface area contributed by atoms with Gasteiger partial charge in [-0.2, -0.15) is 0 Å². The first-order chi connectivity index (χ1) is 9.66. The summed E-state index contributed by atoms with van der Waals surface area (Å²) in [7, 11) is 0. The molecule has 3 rings (SSSR count). The van der Waals surface area contributed by atoms with Crippen LogP contribution in [0, 0.1) is 0 Å². The number of hydrogen-bond acceptors (Lipinski definition) is 3. The highest BCUT2D eigenvalue weighted by Gasteiger charge is 2.23. The maximum Gasteiger partial charge on any atom is 0.270 e. The predicted octanol–water partition coefficient (Wildman–Crippen LogP) is 2.28. The molecule has 1 aliphatic rings. The molecule has 20 heavy (non-hydrogen) atoms. The van der Waals surface area contributed by atoms with Crippen molar-refractivity contribution < 1.29 is 13.9 Å². The van der Waals surface area contributed by atoms with Gasteiger partial charge in [0, 0.05) is 31.8 Å². The molecule has 0 saturated carbocycles. The third-order valence-corrected chi connectivity index (χ3v) is 3.47. The van der Waals surface area contributed by atoms with Gasteiger partial charge >= 0.3 is 0 Å². The molecule has 0 aromatic carbocycles. The number of carbonyl (C=O) groups is 1. The predicted molar refractivity (Wildman–Crippen MR) is 75.7 cm³/mol. The van der Waals surface area contributed by atoms with E-state index in [1.807, 2.05) is 28.5 Å². The second kappa shape index (κ2) is 5.17. The number of aromatic nitrogens is 1. The van der Waals surface area contributed by atoms with Crippen LogP contribution < -0.4 is 0 Å². The monoisotopic (exact) mass is 274 g/mol. The zero-order valence-corrected chi connectivity index (χ0v) is 11.6. The van der Waals surface area contributed by atoms with Gasteiger partial charge in [-0.15, -0.1) is 0 Å². The summed E-state index contributed by atoms with van der Waals surface area (Å²) in [6.07, 6.45) is 1.64. The molecule has 1 saturated heterocycles. The standard InChI is InChI=1S/C15H18N2O3/c1-11(2)10-17-12-3-6-20-14(12)9-13(17)15(18)16-4-7-19-8-5-16/h3,6,9H,1,4-5,7-8,10H2,2H3. The first kappa shape index (κ1) is 13.0. The Morgan fingerprint density at radius 2 is 2.15 bits per heavy atom. The highest BCUT2D eigenvalue weighted by molar-refractivity contribution is 5.97. The SMILES string of the molecule is C=C(C)Cn1c(C(=O)N2CCOCC2)cc2occc21. The summed E-state index contributed by atoms with van der Waals surface area (Å²) in [5, 5.41) is 0. The lowest BCUT2D eigenvalue weighted by atomic mass is 10.3. The van der Waals surface area contributed by atoms with Crippen molar-refractivity contribution in [2.75, 3.05) is 26.3 Å². The largest absolute Gasteiger partial charge is 0.463 e. The van der Waals surface area contributed by atoms with Crippen LogP contribution in [0.4, 0.5) is 0 Å². The van der Waals surface area contributed by atoms with Gasteiger partial charge in [0.05, 0.1) is 25.0 Å². The van der Waals surface area contributed by atoms with Gasteiger partial charge in [0.2, 0.25) is 0 Å². The van der Waals surface area contributed by atoms with Gasteiger partial charge in [-0.05, 0) is 6.92 Å². The molecule has 0 radical (unpaired) electrons. The Morgan fingerprint density at radius 1 is 1.40 bits per heavy atom. The Kier molecular flexibility index (Phi) is 3.36. The van der Waals surface area contributed by atoms with Crippen molar-refractivity contribution in [3.63, 3.8) is 0 Å². The zero-order valence-electron chi connectivity index (χ0n) is 11.6. The highest BCUT2D eigenvalue weighted by Crippen LogP contribution is 2.23. The number of furan rings is 1. The van der Waals surface area contributed by atoms with Crippen LogP contribution >= 0.6 is 0 Å². The molecule has 5 heteroatoms. The molecule has 2 aromatic heterocycles. The molecule has 0 atom stereocenters. The van der Waals surface area contributed by atoms with Crippen LogP contribution in [0.15, 0.2) is 35.0 Å². The Bertz CT molecular complexity index is 647. The van der Waals surface area contributed by atoms with E-state index in [1.165, 1.54) is 0 Å². The third kappa shape index (κ3) is 2.25. The number of amides is 1. The Morgan fingerprint density at radius 3 is 2.85 bits per heavy atom. The lowest BCUT2D eigenvalue weighted by molar-refractivity contribution is 0.0296. The minimum Gasteiger partial charge on any atom is -0.463 e. The molecule has 0 aliphatic carbocycles. The van der Waals surface area contributed by atoms with Crippen LogP contribution in [0.5, 0.6) is 0 Å². The van der Waals surface area contributed by atoms with E-state index in [9.17, 15) is 4.79 Å². The van der Waals surface area contributed by atoms with E-state index in [4.69, 9.17) is 9.15 Å². The first-order valence-corrected chi connectivity index (χ1v) is 6.75. The summed E-state index contributed by atoms with van der Waals surface area (Å²) >= 11 is 0. The summed E-state index contributed by atoms with van der Waals surface area (Å²) in [6.45, 7) is 8.99. The number of nitrogens with zero attached hydrogens (tertiary/aromatic N) is 2. The van der Waals surface area contributed by atoms with Gasteiger partial charge in [0.25, 0.3) is 5.91 Å². The van der Waals surface area contributed by atoms with Crippen LogP contribution in [-0.4, -0.2) is 41.7 Å². The first-order valence-electron chi connectivity index (χ1n) is 6.75. The van der Waals surface area contributed by atoms with Crippen molar-refractivity contribution in [1.82, 2.24) is 9.47 Å². The Labute approximate surface area is 117 Å². The van der Waals surface area contributed by atoms with E-state index in [1.54, 1.807) is 6.26 Å². The fourth-order valence-electron chi connectivity index (χ4n) is 2.52. The normalized spacial score (nSPS) is 15.8. The molecule has 2 aromatic rings. The van der Waals surface area contributed by atoms with Crippen molar-refractivity contribution in [3.8, 4) is 0 Å². The molecule has 1 amide bonds. The summed E-state index contributed by atoms with van der Waals surface area (Å²) in [5.74, 6) is 0.0287. The van der Waals surface area contributed by atoms with Crippen molar-refractivity contribution in [2.45, 2.75) is 13.5 Å². The van der Waals surface area contributed by atoms with Gasteiger partial charge in [0.1, 0.15) is 5.69 Å². The molecular formula is C15H18N2O3. The van der Waals surface area contributed by atoms with E-state index in [0.717, 1.165) is 16.7 Å². The molecule has 1 fully saturated rings. The second-order valence-corrected chi connectivity index (χ2v) is 5.15. The van der Waals surface area contributed by atoms with Crippen LogP contribution in [0.1, 0.15) is 17.4 Å². The molecule has 0 N–H and O–H groups in total. The van der Waals surface area contributed by atoms with Gasteiger partial charge in [-0.1, -0.05) is 12.2 Å². The van der Waals surface area contributed by atoms with Crippen LogP contribution in [0.2, 0.25) is 0 Å². The molecule has 0 spiro atoms. The van der Waals surface area contributed by atoms with Gasteiger partial charge < -0.3 is 18.6 Å². The molecular weight excluding hydrogens is 256 g/mol. The number of fused-ring (bicyclic) bond motifs is 1. The Hall–Kier alpha value is -2.01. The van der Waals surface area contributed by atoms with E-state index in [2.05, 4.69) is 6.58 Å². The maximum atomic E-state index is 12.6. The van der Waals surface area contributed by atoms with Gasteiger partial charge in [-0.25, -0.2) is 0 Å². The maximum absolute atomic E-state index is 12.6. The van der Waals surface area contributed by atoms with Crippen molar-refractivity contribution in [1.29, 1.82) is 0 Å². The summed E-state index contributed by atoms with van der Waals surface area (Å²) in [5.41, 5.74) is 3.33. The van der Waals surface area contributed by atoms with Crippen LogP contribution in [-0.2, 0) is 11.3 Å². The number of allylic oxidation sites excluding steroid dienone is 1. The zero-order chi connectivity index (χ0) is 14.1. The van der Waals surface area contributed by atoms with Crippen molar-refractivity contribution >= 4 is 17.0 Å². The van der Waals surface area contributed by atoms with Gasteiger partial charge in [-0.3, -0.25) is 4.79 Å². The Balaban J connectivity index is 1.98. The fraction of sp³-hybridized carbons (Fsp3) is 0.400. The third-order valence-electron chi connectivity index (χ3n) is 3.47. The number of ether oxygens (including phenoxy) is 1. The van der Waals surface area contributed by atoms with Gasteiger partial charge in [0.15, 0.2) is 5.58 Å². The van der Waals surface area contributed by atoms with E-state index < -0.39 is 0 Å². The topological polar surface area (TPSA) is 47.6 Å². The summed E-state index contributed by atoms with van der Waals surface area (Å²) in [6, 6.07) is 3.70. The quantitative estimate of drug-likeness (QED) is 0.807. The van der Waals surface area contributed by atoms with E-state index >= 15 is 0 Å². The molecule has 0 bridgehead atoms. The summed E-state index contributed by atoms with van der Waals surface area (Å²) in [4.78, 5) is 14.5. The number of rotatable bonds is 3. The molecule has 0 unspecified atom stereocenters. The number of morpholine rings is 1. The molecule has 1 aliphatic heterocycles. The van der Waals surface area contributed by atoms with Crippen molar-refractivity contribution in [3.05, 3.63) is 36.2 Å². The fourth-order valence-corrected chi connectivity index (χ4v) is 2.52. The van der Waals surface area contributed by atoms with Crippen LogP contribution in [0.25, 0.3) is 11.1 Å². The van der Waals surface area contributed by atoms with E-state index in [0.29, 0.717) is 38.5 Å². The second-order valence-electron chi connectivity index (χ2n) is 5.15. The number of carbonyl (C=O) groups excluding carboxylic acids is 1.